The number of hydrogen-bond acceptors (Lipinski definition) is 7. The summed E-state index contributed by atoms with van der Waals surface area (Å²) < 4.78 is 2.49. The minimum Gasteiger partial charge on any atom is -0.493 e. The van der Waals surface area contributed by atoms with Crippen LogP contribution in [0.15, 0.2) is 33.2 Å². The maximum atomic E-state index is 12.7. The molecule has 1 N–H and O–H groups in total. The molecule has 0 saturated carbocycles. The molecule has 2 amide bonds. The Kier molecular flexibility index (Phi) is 6.54. The Morgan fingerprint density at radius 3 is 2.34 bits per heavy atom. The molecule has 3 rings (SSSR count). The molecule has 0 bridgehead atoms. The molecule has 154 valence electrons. The molecule has 0 atom stereocenters. The Hall–Kier alpha value is -2.65. The molecule has 29 heavy (non-hydrogen) atoms. The van der Waals surface area contributed by atoms with Gasteiger partial charge in [-0.1, -0.05) is 19.9 Å². The van der Waals surface area contributed by atoms with Crippen molar-refractivity contribution in [1.82, 2.24) is 14.0 Å². The largest absolute Gasteiger partial charge is 2.00 e. The number of hydrogen-bond donors (Lipinski definition) is 1. The molecule has 0 fully saturated rings. The molecule has 0 radical (unpaired) electrons. The minimum atomic E-state index is -0.624. The third-order valence-electron chi connectivity index (χ3n) is 4.39. The molecule has 0 saturated heterocycles. The number of carbonyl (C=O) groups excluding carboxylic acids is 2. The maximum Gasteiger partial charge on any atom is 2.00 e. The maximum absolute atomic E-state index is 12.7. The number of rotatable bonds is 4. The normalized spacial score (nSPS) is 13.3. The van der Waals surface area contributed by atoms with E-state index in [0.29, 0.717) is 6.54 Å². The fourth-order valence-corrected chi connectivity index (χ4v) is 3.11. The molecule has 9 nitrogen and oxygen atoms in total. The van der Waals surface area contributed by atoms with Crippen molar-refractivity contribution in [3.8, 4) is 5.88 Å². The fourth-order valence-electron chi connectivity index (χ4n) is 2.94. The van der Waals surface area contributed by atoms with Gasteiger partial charge in [-0.2, -0.15) is 0 Å². The van der Waals surface area contributed by atoms with Crippen LogP contribution in [0.2, 0.25) is 0 Å². The van der Waals surface area contributed by atoms with Crippen LogP contribution in [0.3, 0.4) is 0 Å². The summed E-state index contributed by atoms with van der Waals surface area (Å²) in [6, 6.07) is 4.66. The second kappa shape index (κ2) is 8.38. The predicted octanol–water partition coefficient (Wildman–Crippen LogP) is 2.82. The van der Waals surface area contributed by atoms with E-state index in [1.807, 2.05) is 13.8 Å². The fraction of sp³-hybridized carbons (Fsp3) is 0.333. The third kappa shape index (κ3) is 3.80. The third-order valence-corrected chi connectivity index (χ3v) is 4.94. The summed E-state index contributed by atoms with van der Waals surface area (Å²) in [7, 11) is 2.94. The second-order valence-corrected chi connectivity index (χ2v) is 7.26. The molecule has 1 aliphatic rings. The van der Waals surface area contributed by atoms with E-state index in [9.17, 15) is 19.5 Å². The van der Waals surface area contributed by atoms with E-state index in [1.165, 1.54) is 29.6 Å². The first-order chi connectivity index (χ1) is 13.1. The van der Waals surface area contributed by atoms with E-state index in [-0.39, 0.29) is 55.6 Å². The van der Waals surface area contributed by atoms with Crippen molar-refractivity contribution in [2.45, 2.75) is 13.8 Å². The van der Waals surface area contributed by atoms with E-state index in [4.69, 9.17) is 12.2 Å². The van der Waals surface area contributed by atoms with Crippen LogP contribution in [-0.4, -0.2) is 37.5 Å². The van der Waals surface area contributed by atoms with Crippen molar-refractivity contribution < 1.29 is 31.2 Å². The number of carbonyl (C=O) groups is 2. The van der Waals surface area contributed by atoms with Gasteiger partial charge in [-0.25, -0.2) is 0 Å². The molecule has 2 aromatic rings. The van der Waals surface area contributed by atoms with Crippen LogP contribution in [0.4, 0.5) is 11.4 Å². The van der Waals surface area contributed by atoms with Gasteiger partial charge in [-0.3, -0.25) is 28.4 Å². The number of nitrogens with zero attached hydrogens (tertiary/aromatic N) is 5. The van der Waals surface area contributed by atoms with Crippen molar-refractivity contribution in [3.63, 3.8) is 0 Å². The molecule has 2 heterocycles. The van der Waals surface area contributed by atoms with Gasteiger partial charge in [0.15, 0.2) is 4.77 Å². The topological polar surface area (TPSA) is 109 Å². The number of azo groups is 1. The first-order valence-electron chi connectivity index (χ1n) is 8.55. The quantitative estimate of drug-likeness (QED) is 0.327. The first-order valence-corrected chi connectivity index (χ1v) is 8.95. The van der Waals surface area contributed by atoms with E-state index < -0.39 is 17.3 Å². The Morgan fingerprint density at radius 1 is 1.07 bits per heavy atom. The molecule has 1 aromatic heterocycles. The van der Waals surface area contributed by atoms with Gasteiger partial charge in [0.25, 0.3) is 17.4 Å². The van der Waals surface area contributed by atoms with Crippen LogP contribution in [0.5, 0.6) is 5.88 Å². The average Bonchev–Trinajstić information content (AvgIpc) is 2.90. The van der Waals surface area contributed by atoms with Gasteiger partial charge in [0.1, 0.15) is 0 Å². The number of imide groups is 1. The van der Waals surface area contributed by atoms with E-state index in [0.717, 1.165) is 4.57 Å². The van der Waals surface area contributed by atoms with E-state index >= 15 is 0 Å². The van der Waals surface area contributed by atoms with Crippen molar-refractivity contribution >= 4 is 35.4 Å². The Morgan fingerprint density at radius 2 is 1.72 bits per heavy atom. The van der Waals surface area contributed by atoms with Gasteiger partial charge in [0.2, 0.25) is 11.6 Å². The van der Waals surface area contributed by atoms with E-state index in [2.05, 4.69) is 10.2 Å². The van der Waals surface area contributed by atoms with Crippen LogP contribution in [0.25, 0.3) is 0 Å². The van der Waals surface area contributed by atoms with Crippen molar-refractivity contribution in [2.75, 3.05) is 6.54 Å². The van der Waals surface area contributed by atoms with E-state index in [1.54, 1.807) is 12.1 Å². The number of amides is 2. The molecule has 11 heteroatoms. The summed E-state index contributed by atoms with van der Waals surface area (Å²) in [6.45, 7) is 4.11. The Bertz CT molecular complexity index is 1150. The molecule has 0 spiro atoms. The number of fused-ring (bicyclic) bond motifs is 1. The molecule has 1 aliphatic heterocycles. The molecular formula is C18H19N5NiO4S+2. The SMILES string of the molecule is CC(C)CN1C(=O)c2cccc(N=Nc3c(O)n(C)c(=S)n(C)c3=O)c2C1=O.[Ni+2]. The summed E-state index contributed by atoms with van der Waals surface area (Å²) in [5, 5.41) is 18.0. The van der Waals surface area contributed by atoms with Gasteiger partial charge < -0.3 is 5.11 Å². The summed E-state index contributed by atoms with van der Waals surface area (Å²) in [5.74, 6) is -1.16. The zero-order valence-electron chi connectivity index (χ0n) is 16.1. The smallest absolute Gasteiger partial charge is 0.493 e. The summed E-state index contributed by atoms with van der Waals surface area (Å²) in [5.41, 5.74) is -0.412. The molecule has 0 unspecified atom stereocenters. The Balaban J connectivity index is 0.00000300. The van der Waals surface area contributed by atoms with Crippen LogP contribution in [0.1, 0.15) is 34.6 Å². The number of aromatic hydroxyl groups is 1. The van der Waals surface area contributed by atoms with Gasteiger partial charge in [0, 0.05) is 20.6 Å². The molecule has 1 aromatic carbocycles. The van der Waals surface area contributed by atoms with Gasteiger partial charge >= 0.3 is 16.5 Å². The number of benzene rings is 1. The van der Waals surface area contributed by atoms with Gasteiger partial charge in [0.05, 0.1) is 16.8 Å². The first kappa shape index (κ1) is 22.6. The monoisotopic (exact) mass is 459 g/mol. The zero-order chi connectivity index (χ0) is 20.7. The predicted molar refractivity (Wildman–Crippen MR) is 104 cm³/mol. The summed E-state index contributed by atoms with van der Waals surface area (Å²) in [4.78, 5) is 38.8. The second-order valence-electron chi connectivity index (χ2n) is 6.89. The van der Waals surface area contributed by atoms with Crippen molar-refractivity contribution in [2.24, 2.45) is 30.2 Å². The standard InChI is InChI=1S/C18H19N5O4S.Ni/c1-9(2)8-23-14(24)10-6-5-7-11(12(10)15(23)25)19-20-13-16(26)21(3)18(28)22(4)17(13)27;/h5-7,9,26H,8H2,1-4H3;/q;+2. The molecular weight excluding hydrogens is 441 g/mol. The van der Waals surface area contributed by atoms with Crippen LogP contribution >= 0.6 is 12.2 Å². The average molecular weight is 460 g/mol. The molecule has 0 aliphatic carbocycles. The van der Waals surface area contributed by atoms with Crippen molar-refractivity contribution in [3.05, 3.63) is 44.5 Å². The Labute approximate surface area is 181 Å². The zero-order valence-corrected chi connectivity index (χ0v) is 18.0. The van der Waals surface area contributed by atoms with Gasteiger partial charge in [-0.05, 0) is 30.3 Å². The van der Waals surface area contributed by atoms with Crippen LogP contribution in [-0.2, 0) is 30.6 Å². The number of aromatic nitrogens is 2. The van der Waals surface area contributed by atoms with Crippen molar-refractivity contribution in [1.29, 1.82) is 0 Å². The minimum absolute atomic E-state index is 0. The van der Waals surface area contributed by atoms with Gasteiger partial charge in [-0.15, -0.1) is 10.2 Å². The summed E-state index contributed by atoms with van der Waals surface area (Å²) in [6.07, 6.45) is 0. The summed E-state index contributed by atoms with van der Waals surface area (Å²) >= 11 is 5.05. The van der Waals surface area contributed by atoms with Crippen LogP contribution < -0.4 is 5.56 Å². The van der Waals surface area contributed by atoms with Crippen LogP contribution in [0, 0.1) is 10.7 Å².